The van der Waals surface area contributed by atoms with Crippen LogP contribution in [0.4, 0.5) is 17.1 Å². The number of nitrogen functional groups attached to an aromatic ring is 1. The van der Waals surface area contributed by atoms with Crippen LogP contribution < -0.4 is 16.0 Å². The summed E-state index contributed by atoms with van der Waals surface area (Å²) in [5, 5.41) is 3.33. The summed E-state index contributed by atoms with van der Waals surface area (Å²) in [6, 6.07) is 10.7. The third-order valence-electron chi connectivity index (χ3n) is 3.23. The van der Waals surface area contributed by atoms with Crippen LogP contribution in [0.3, 0.4) is 0 Å². The molecular weight excluding hydrogens is 286 g/mol. The lowest BCUT2D eigenvalue weighted by Crippen LogP contribution is -2.14. The minimum absolute atomic E-state index is 0.209. The Kier molecular flexibility index (Phi) is 4.38. The maximum atomic E-state index is 12.2. The van der Waals surface area contributed by atoms with Crippen molar-refractivity contribution in [3.05, 3.63) is 52.5 Å². The van der Waals surface area contributed by atoms with Crippen molar-refractivity contribution < 1.29 is 4.79 Å². The highest BCUT2D eigenvalue weighted by Gasteiger charge is 2.10. The van der Waals surface area contributed by atoms with Gasteiger partial charge in [0.1, 0.15) is 0 Å². The molecule has 2 aromatic carbocycles. The molecule has 5 heteroatoms. The van der Waals surface area contributed by atoms with Gasteiger partial charge in [0.15, 0.2) is 0 Å². The summed E-state index contributed by atoms with van der Waals surface area (Å²) >= 11 is 5.86. The van der Waals surface area contributed by atoms with E-state index in [1.165, 1.54) is 0 Å². The van der Waals surface area contributed by atoms with Crippen LogP contribution in [0.15, 0.2) is 36.4 Å². The van der Waals surface area contributed by atoms with Crippen LogP contribution >= 0.6 is 11.6 Å². The lowest BCUT2D eigenvalue weighted by molar-refractivity contribution is 0.102. The molecule has 0 bridgehead atoms. The molecule has 2 aromatic rings. The number of nitrogens with one attached hydrogen (secondary N) is 1. The summed E-state index contributed by atoms with van der Waals surface area (Å²) in [5.41, 5.74) is 9.45. The molecule has 0 aliphatic carbocycles. The molecule has 21 heavy (non-hydrogen) atoms. The van der Waals surface area contributed by atoms with E-state index in [9.17, 15) is 4.79 Å². The Labute approximate surface area is 129 Å². The highest BCUT2D eigenvalue weighted by molar-refractivity contribution is 6.33. The first kappa shape index (κ1) is 15.2. The predicted molar refractivity (Wildman–Crippen MR) is 89.3 cm³/mol. The van der Waals surface area contributed by atoms with Crippen molar-refractivity contribution in [3.8, 4) is 0 Å². The van der Waals surface area contributed by atoms with Crippen LogP contribution in [0, 0.1) is 6.92 Å². The molecule has 0 aliphatic rings. The standard InChI is InChI=1S/C16H18ClN3O/c1-10-8-12(20(2)3)5-7-15(10)19-16(21)11-4-6-13(17)14(18)9-11/h4-9H,18H2,1-3H3,(H,19,21). The largest absolute Gasteiger partial charge is 0.398 e. The molecule has 3 N–H and O–H groups in total. The summed E-state index contributed by atoms with van der Waals surface area (Å²) in [6.07, 6.45) is 0. The fourth-order valence-corrected chi connectivity index (χ4v) is 2.06. The number of benzene rings is 2. The van der Waals surface area contributed by atoms with Gasteiger partial charge in [-0.1, -0.05) is 11.6 Å². The maximum Gasteiger partial charge on any atom is 0.255 e. The first-order chi connectivity index (χ1) is 9.88. The minimum Gasteiger partial charge on any atom is -0.398 e. The van der Waals surface area contributed by atoms with Gasteiger partial charge in [-0.2, -0.15) is 0 Å². The van der Waals surface area contributed by atoms with E-state index in [0.29, 0.717) is 16.3 Å². The van der Waals surface area contributed by atoms with E-state index in [-0.39, 0.29) is 5.91 Å². The van der Waals surface area contributed by atoms with E-state index in [2.05, 4.69) is 5.32 Å². The summed E-state index contributed by atoms with van der Waals surface area (Å²) in [6.45, 7) is 1.96. The molecule has 0 unspecified atom stereocenters. The van der Waals surface area contributed by atoms with Gasteiger partial charge in [-0.25, -0.2) is 0 Å². The van der Waals surface area contributed by atoms with E-state index in [1.807, 2.05) is 44.1 Å². The van der Waals surface area contributed by atoms with Crippen molar-refractivity contribution in [2.75, 3.05) is 30.0 Å². The minimum atomic E-state index is -0.209. The number of nitrogens with two attached hydrogens (primary N) is 1. The number of amides is 1. The number of hydrogen-bond donors (Lipinski definition) is 2. The monoisotopic (exact) mass is 303 g/mol. The molecule has 0 spiro atoms. The molecule has 4 nitrogen and oxygen atoms in total. The van der Waals surface area contributed by atoms with Crippen molar-refractivity contribution in [2.24, 2.45) is 0 Å². The summed E-state index contributed by atoms with van der Waals surface area (Å²) in [5.74, 6) is -0.209. The van der Waals surface area contributed by atoms with Crippen LogP contribution in [0.2, 0.25) is 5.02 Å². The molecule has 0 fully saturated rings. The molecule has 0 saturated carbocycles. The average molecular weight is 304 g/mol. The number of halogens is 1. The fourth-order valence-electron chi connectivity index (χ4n) is 1.95. The highest BCUT2D eigenvalue weighted by atomic mass is 35.5. The number of carbonyl (C=O) groups excluding carboxylic acids is 1. The zero-order valence-corrected chi connectivity index (χ0v) is 13.0. The van der Waals surface area contributed by atoms with Crippen molar-refractivity contribution >= 4 is 34.6 Å². The number of nitrogens with zero attached hydrogens (tertiary/aromatic N) is 1. The van der Waals surface area contributed by atoms with Gasteiger partial charge in [0.25, 0.3) is 5.91 Å². The lowest BCUT2D eigenvalue weighted by Gasteiger charge is -2.15. The first-order valence-electron chi connectivity index (χ1n) is 6.53. The van der Waals surface area contributed by atoms with Gasteiger partial charge >= 0.3 is 0 Å². The second-order valence-electron chi connectivity index (χ2n) is 5.08. The Bertz CT molecular complexity index is 683. The molecule has 0 saturated heterocycles. The molecular formula is C16H18ClN3O. The molecule has 110 valence electrons. The van der Waals surface area contributed by atoms with Crippen LogP contribution in [-0.2, 0) is 0 Å². The number of aryl methyl sites for hydroxylation is 1. The Morgan fingerprint density at radius 2 is 1.90 bits per heavy atom. The van der Waals surface area contributed by atoms with Gasteiger partial charge in [-0.15, -0.1) is 0 Å². The van der Waals surface area contributed by atoms with Crippen LogP contribution in [0.1, 0.15) is 15.9 Å². The maximum absolute atomic E-state index is 12.2. The zero-order valence-electron chi connectivity index (χ0n) is 12.3. The molecule has 0 aromatic heterocycles. The number of anilines is 3. The van der Waals surface area contributed by atoms with Crippen LogP contribution in [0.5, 0.6) is 0 Å². The average Bonchev–Trinajstić information content (AvgIpc) is 2.43. The molecule has 0 aliphatic heterocycles. The molecule has 0 radical (unpaired) electrons. The second-order valence-corrected chi connectivity index (χ2v) is 5.49. The van der Waals surface area contributed by atoms with Gasteiger partial charge in [0.05, 0.1) is 10.7 Å². The van der Waals surface area contributed by atoms with Gasteiger partial charge in [-0.05, 0) is 48.9 Å². The normalized spacial score (nSPS) is 10.3. The van der Waals surface area contributed by atoms with E-state index in [0.717, 1.165) is 16.9 Å². The Morgan fingerprint density at radius 1 is 1.19 bits per heavy atom. The van der Waals surface area contributed by atoms with Crippen molar-refractivity contribution in [1.29, 1.82) is 0 Å². The summed E-state index contributed by atoms with van der Waals surface area (Å²) in [7, 11) is 3.95. The van der Waals surface area contributed by atoms with Gasteiger partial charge in [0, 0.05) is 31.0 Å². The van der Waals surface area contributed by atoms with Gasteiger partial charge in [0.2, 0.25) is 0 Å². The van der Waals surface area contributed by atoms with Crippen molar-refractivity contribution in [1.82, 2.24) is 0 Å². The Balaban J connectivity index is 2.21. The van der Waals surface area contributed by atoms with Gasteiger partial charge < -0.3 is 16.0 Å². The van der Waals surface area contributed by atoms with E-state index < -0.39 is 0 Å². The zero-order chi connectivity index (χ0) is 15.6. The van der Waals surface area contributed by atoms with E-state index in [4.69, 9.17) is 17.3 Å². The quantitative estimate of drug-likeness (QED) is 0.853. The van der Waals surface area contributed by atoms with Crippen molar-refractivity contribution in [3.63, 3.8) is 0 Å². The van der Waals surface area contributed by atoms with Crippen LogP contribution in [0.25, 0.3) is 0 Å². The highest BCUT2D eigenvalue weighted by Crippen LogP contribution is 2.23. The van der Waals surface area contributed by atoms with E-state index >= 15 is 0 Å². The molecule has 2 rings (SSSR count). The Morgan fingerprint density at radius 3 is 2.48 bits per heavy atom. The molecule has 0 atom stereocenters. The smallest absolute Gasteiger partial charge is 0.255 e. The Hall–Kier alpha value is -2.20. The second kappa shape index (κ2) is 6.06. The lowest BCUT2D eigenvalue weighted by atomic mass is 10.1. The topological polar surface area (TPSA) is 58.4 Å². The summed E-state index contributed by atoms with van der Waals surface area (Å²) in [4.78, 5) is 14.2. The first-order valence-corrected chi connectivity index (χ1v) is 6.90. The summed E-state index contributed by atoms with van der Waals surface area (Å²) < 4.78 is 0. The molecule has 1 amide bonds. The number of hydrogen-bond acceptors (Lipinski definition) is 3. The predicted octanol–water partition coefficient (Wildman–Crippen LogP) is 3.55. The fraction of sp³-hybridized carbons (Fsp3) is 0.188. The van der Waals surface area contributed by atoms with Gasteiger partial charge in [-0.3, -0.25) is 4.79 Å². The third kappa shape index (κ3) is 3.47. The third-order valence-corrected chi connectivity index (χ3v) is 3.58. The van der Waals surface area contributed by atoms with E-state index in [1.54, 1.807) is 18.2 Å². The molecule has 0 heterocycles. The van der Waals surface area contributed by atoms with Crippen LogP contribution in [-0.4, -0.2) is 20.0 Å². The van der Waals surface area contributed by atoms with Crippen molar-refractivity contribution in [2.45, 2.75) is 6.92 Å². The number of carbonyl (C=O) groups is 1. The SMILES string of the molecule is Cc1cc(N(C)C)ccc1NC(=O)c1ccc(Cl)c(N)c1. The number of rotatable bonds is 3.